The van der Waals surface area contributed by atoms with Gasteiger partial charge in [0.15, 0.2) is 0 Å². The van der Waals surface area contributed by atoms with Crippen LogP contribution >= 0.6 is 11.6 Å². The van der Waals surface area contributed by atoms with Crippen molar-refractivity contribution in [2.24, 2.45) is 0 Å². The first-order valence-electron chi connectivity index (χ1n) is 7.13. The van der Waals surface area contributed by atoms with Gasteiger partial charge in [-0.3, -0.25) is 0 Å². The number of ether oxygens (including phenoxy) is 1. The number of hydrogen-bond acceptors (Lipinski definition) is 2. The third-order valence-corrected chi connectivity index (χ3v) is 3.18. The first-order chi connectivity index (χ1) is 10.6. The quantitative estimate of drug-likeness (QED) is 0.783. The average molecular weight is 319 g/mol. The van der Waals surface area contributed by atoms with Crippen molar-refractivity contribution >= 4 is 23.3 Å². The molecule has 0 aromatic heterocycles. The Kier molecular flexibility index (Phi) is 6.10. The second-order valence-electron chi connectivity index (χ2n) is 4.91. The summed E-state index contributed by atoms with van der Waals surface area (Å²) < 4.78 is 5.61. The predicted molar refractivity (Wildman–Crippen MR) is 89.8 cm³/mol. The predicted octanol–water partition coefficient (Wildman–Crippen LogP) is 4.24. The van der Waals surface area contributed by atoms with Gasteiger partial charge in [0.2, 0.25) is 0 Å². The number of amides is 2. The summed E-state index contributed by atoms with van der Waals surface area (Å²) in [6.07, 6.45) is 0.733. The Morgan fingerprint density at radius 1 is 1.18 bits per heavy atom. The summed E-state index contributed by atoms with van der Waals surface area (Å²) in [7, 11) is 0. The maximum Gasteiger partial charge on any atom is 0.319 e. The normalized spacial score (nSPS) is 10.1. The summed E-state index contributed by atoms with van der Waals surface area (Å²) in [5.41, 5.74) is 1.83. The third kappa shape index (κ3) is 5.66. The van der Waals surface area contributed by atoms with Gasteiger partial charge >= 0.3 is 6.03 Å². The number of urea groups is 1. The van der Waals surface area contributed by atoms with Crippen LogP contribution in [0, 0.1) is 6.92 Å². The molecule has 0 atom stereocenters. The van der Waals surface area contributed by atoms with E-state index in [1.54, 1.807) is 24.3 Å². The van der Waals surface area contributed by atoms with Crippen LogP contribution in [0.15, 0.2) is 48.5 Å². The summed E-state index contributed by atoms with van der Waals surface area (Å²) in [6, 6.07) is 14.7. The molecule has 0 aliphatic carbocycles. The maximum absolute atomic E-state index is 11.7. The number of benzene rings is 2. The van der Waals surface area contributed by atoms with Crippen molar-refractivity contribution in [2.45, 2.75) is 13.3 Å². The lowest BCUT2D eigenvalue weighted by atomic mass is 10.2. The Hall–Kier alpha value is -2.20. The summed E-state index contributed by atoms with van der Waals surface area (Å²) in [6.45, 7) is 3.12. The molecule has 0 heterocycles. The maximum atomic E-state index is 11.7. The van der Waals surface area contributed by atoms with Crippen LogP contribution in [0.4, 0.5) is 10.5 Å². The largest absolute Gasteiger partial charge is 0.494 e. The minimum Gasteiger partial charge on any atom is -0.494 e. The molecule has 0 fully saturated rings. The van der Waals surface area contributed by atoms with Gasteiger partial charge < -0.3 is 15.4 Å². The number of aryl methyl sites for hydroxylation is 1. The molecule has 5 heteroatoms. The van der Waals surface area contributed by atoms with Gasteiger partial charge in [0, 0.05) is 17.3 Å². The van der Waals surface area contributed by atoms with Gasteiger partial charge in [-0.25, -0.2) is 4.79 Å². The van der Waals surface area contributed by atoms with Crippen LogP contribution < -0.4 is 15.4 Å². The zero-order valence-electron chi connectivity index (χ0n) is 12.4. The van der Waals surface area contributed by atoms with Crippen molar-refractivity contribution in [3.63, 3.8) is 0 Å². The SMILES string of the molecule is Cc1cccc(OCCCNC(=O)Nc2cccc(Cl)c2)c1. The molecule has 0 unspecified atom stereocenters. The number of anilines is 1. The minimum absolute atomic E-state index is 0.252. The van der Waals surface area contributed by atoms with Crippen molar-refractivity contribution in [3.05, 3.63) is 59.1 Å². The van der Waals surface area contributed by atoms with Crippen molar-refractivity contribution in [2.75, 3.05) is 18.5 Å². The first kappa shape index (κ1) is 16.2. The molecule has 0 aliphatic heterocycles. The third-order valence-electron chi connectivity index (χ3n) is 2.95. The van der Waals surface area contributed by atoms with E-state index >= 15 is 0 Å². The van der Waals surface area contributed by atoms with Crippen molar-refractivity contribution < 1.29 is 9.53 Å². The number of rotatable bonds is 6. The number of halogens is 1. The molecular weight excluding hydrogens is 300 g/mol. The van der Waals surface area contributed by atoms with Crippen molar-refractivity contribution in [1.29, 1.82) is 0 Å². The van der Waals surface area contributed by atoms with Gasteiger partial charge in [-0.1, -0.05) is 29.8 Å². The molecule has 0 aliphatic rings. The number of hydrogen-bond donors (Lipinski definition) is 2. The molecule has 22 heavy (non-hydrogen) atoms. The van der Waals surface area contributed by atoms with Gasteiger partial charge in [-0.15, -0.1) is 0 Å². The van der Waals surface area contributed by atoms with Gasteiger partial charge in [0.05, 0.1) is 6.61 Å². The highest BCUT2D eigenvalue weighted by Crippen LogP contribution is 2.14. The second kappa shape index (κ2) is 8.29. The zero-order valence-corrected chi connectivity index (χ0v) is 13.2. The number of nitrogens with one attached hydrogen (secondary N) is 2. The van der Waals surface area contributed by atoms with E-state index in [9.17, 15) is 4.79 Å². The van der Waals surface area contributed by atoms with E-state index in [-0.39, 0.29) is 6.03 Å². The first-order valence-corrected chi connectivity index (χ1v) is 7.51. The molecule has 2 N–H and O–H groups in total. The lowest BCUT2D eigenvalue weighted by Gasteiger charge is -2.09. The lowest BCUT2D eigenvalue weighted by molar-refractivity contribution is 0.250. The van der Waals surface area contributed by atoms with Crippen LogP contribution in [0.1, 0.15) is 12.0 Å². The summed E-state index contributed by atoms with van der Waals surface area (Å²) in [4.78, 5) is 11.7. The molecule has 0 radical (unpaired) electrons. The van der Waals surface area contributed by atoms with Crippen LogP contribution in [0.2, 0.25) is 5.02 Å². The molecule has 0 bridgehead atoms. The highest BCUT2D eigenvalue weighted by Gasteiger charge is 2.01. The van der Waals surface area contributed by atoms with E-state index < -0.39 is 0 Å². The molecule has 0 spiro atoms. The molecule has 116 valence electrons. The monoisotopic (exact) mass is 318 g/mol. The van der Waals surface area contributed by atoms with E-state index in [0.717, 1.165) is 17.7 Å². The van der Waals surface area contributed by atoms with Crippen LogP contribution in [-0.4, -0.2) is 19.2 Å². The molecular formula is C17H19ClN2O2. The molecule has 2 rings (SSSR count). The van der Waals surface area contributed by atoms with Crippen molar-refractivity contribution in [3.8, 4) is 5.75 Å². The highest BCUT2D eigenvalue weighted by atomic mass is 35.5. The number of carbonyl (C=O) groups is 1. The fourth-order valence-corrected chi connectivity index (χ4v) is 2.10. The number of carbonyl (C=O) groups excluding carboxylic acids is 1. The second-order valence-corrected chi connectivity index (χ2v) is 5.35. The smallest absolute Gasteiger partial charge is 0.319 e. The van der Waals surface area contributed by atoms with E-state index in [2.05, 4.69) is 10.6 Å². The summed E-state index contributed by atoms with van der Waals surface area (Å²) in [5, 5.41) is 6.09. The lowest BCUT2D eigenvalue weighted by Crippen LogP contribution is -2.30. The van der Waals surface area contributed by atoms with E-state index in [0.29, 0.717) is 23.9 Å². The van der Waals surface area contributed by atoms with E-state index in [1.165, 1.54) is 0 Å². The molecule has 4 nitrogen and oxygen atoms in total. The molecule has 2 amide bonds. The standard InChI is InChI=1S/C17H19ClN2O2/c1-13-5-2-8-16(11-13)22-10-4-9-19-17(21)20-15-7-3-6-14(18)12-15/h2-3,5-8,11-12H,4,9-10H2,1H3,(H2,19,20,21). The van der Waals surface area contributed by atoms with Crippen LogP contribution in [0.5, 0.6) is 5.75 Å². The fraction of sp³-hybridized carbons (Fsp3) is 0.235. The van der Waals surface area contributed by atoms with Crippen LogP contribution in [0.3, 0.4) is 0 Å². The highest BCUT2D eigenvalue weighted by molar-refractivity contribution is 6.30. The Morgan fingerprint density at radius 3 is 2.77 bits per heavy atom. The van der Waals surface area contributed by atoms with E-state index in [1.807, 2.05) is 31.2 Å². The Balaban J connectivity index is 1.63. The Bertz CT molecular complexity index is 632. The molecule has 0 saturated heterocycles. The van der Waals surface area contributed by atoms with E-state index in [4.69, 9.17) is 16.3 Å². The summed E-state index contributed by atoms with van der Waals surface area (Å²) >= 11 is 5.85. The molecule has 2 aromatic carbocycles. The minimum atomic E-state index is -0.252. The van der Waals surface area contributed by atoms with Gasteiger partial charge in [-0.05, 0) is 49.2 Å². The van der Waals surface area contributed by atoms with Gasteiger partial charge in [-0.2, -0.15) is 0 Å². The van der Waals surface area contributed by atoms with Crippen molar-refractivity contribution in [1.82, 2.24) is 5.32 Å². The molecule has 0 saturated carbocycles. The average Bonchev–Trinajstić information content (AvgIpc) is 2.47. The van der Waals surface area contributed by atoms with Gasteiger partial charge in [0.1, 0.15) is 5.75 Å². The summed E-state index contributed by atoms with van der Waals surface area (Å²) in [5.74, 6) is 0.850. The fourth-order valence-electron chi connectivity index (χ4n) is 1.91. The molecule has 2 aromatic rings. The van der Waals surface area contributed by atoms with Crippen LogP contribution in [-0.2, 0) is 0 Å². The van der Waals surface area contributed by atoms with Crippen LogP contribution in [0.25, 0.3) is 0 Å². The topological polar surface area (TPSA) is 50.4 Å². The zero-order chi connectivity index (χ0) is 15.8. The Morgan fingerprint density at radius 2 is 2.00 bits per heavy atom. The van der Waals surface area contributed by atoms with Gasteiger partial charge in [0.25, 0.3) is 0 Å². The Labute approximate surface area is 135 Å².